The van der Waals surface area contributed by atoms with Crippen LogP contribution >= 0.6 is 11.8 Å². The summed E-state index contributed by atoms with van der Waals surface area (Å²) in [5.74, 6) is 5.49. The van der Waals surface area contributed by atoms with Gasteiger partial charge in [-0.05, 0) is 105 Å². The lowest BCUT2D eigenvalue weighted by molar-refractivity contribution is -0.0703. The van der Waals surface area contributed by atoms with Crippen LogP contribution in [0.15, 0.2) is 29.6 Å². The number of rotatable bonds is 11. The minimum Gasteiger partial charge on any atom is -0.368 e. The summed E-state index contributed by atoms with van der Waals surface area (Å²) >= 11 is 1.92. The lowest BCUT2D eigenvalue weighted by Gasteiger charge is -2.60. The number of nitrogens with one attached hydrogen (secondary N) is 3. The Labute approximate surface area is 262 Å². The minimum absolute atomic E-state index is 0.322. The van der Waals surface area contributed by atoms with E-state index in [1.165, 1.54) is 95.6 Å². The highest BCUT2D eigenvalue weighted by atomic mass is 32.2. The highest BCUT2D eigenvalue weighted by molar-refractivity contribution is 7.99. The molecule has 8 rings (SSSR count). The molecule has 2 heterocycles. The molecule has 8 heteroatoms. The number of anilines is 2. The van der Waals surface area contributed by atoms with Crippen molar-refractivity contribution in [2.45, 2.75) is 113 Å². The van der Waals surface area contributed by atoms with Gasteiger partial charge in [-0.1, -0.05) is 38.7 Å². The molecule has 2 aromatic heterocycles. The molecule has 0 amide bonds. The molecule has 0 radical (unpaired) electrons. The third-order valence-electron chi connectivity index (χ3n) is 11.6. The molecule has 43 heavy (non-hydrogen) atoms. The van der Waals surface area contributed by atoms with E-state index >= 15 is 0 Å². The minimum atomic E-state index is 0.322. The summed E-state index contributed by atoms with van der Waals surface area (Å²) in [6.07, 6.45) is 21.1. The molecule has 0 spiro atoms. The Morgan fingerprint density at radius 1 is 1.00 bits per heavy atom. The van der Waals surface area contributed by atoms with Gasteiger partial charge in [-0.15, -0.1) is 11.8 Å². The van der Waals surface area contributed by atoms with Gasteiger partial charge in [0, 0.05) is 36.1 Å². The fourth-order valence-corrected chi connectivity index (χ4v) is 10.8. The lowest BCUT2D eigenvalue weighted by Crippen LogP contribution is -2.60. The van der Waals surface area contributed by atoms with Crippen LogP contribution in [-0.2, 0) is 6.54 Å². The largest absolute Gasteiger partial charge is 0.368 e. The SMILES string of the molecule is CC1CCC(CNC2C3CC4C[C@H]2CC(CNc2nc(NCc5cccnc5SC5CCCC5)ncc2C#N)(C4)C3)CC1. The van der Waals surface area contributed by atoms with E-state index in [-0.39, 0.29) is 0 Å². The van der Waals surface area contributed by atoms with Crippen LogP contribution in [0.5, 0.6) is 0 Å². The van der Waals surface area contributed by atoms with E-state index in [0.29, 0.717) is 40.6 Å². The molecule has 6 aliphatic carbocycles. The van der Waals surface area contributed by atoms with Gasteiger partial charge in [0.05, 0.1) is 6.20 Å². The molecule has 3 N–H and O–H groups in total. The molecule has 6 fully saturated rings. The van der Waals surface area contributed by atoms with Crippen LogP contribution in [0.4, 0.5) is 11.8 Å². The smallest absolute Gasteiger partial charge is 0.224 e. The van der Waals surface area contributed by atoms with Crippen molar-refractivity contribution in [1.82, 2.24) is 20.3 Å². The number of hydrogen-bond donors (Lipinski definition) is 3. The summed E-state index contributed by atoms with van der Waals surface area (Å²) in [5.41, 5.74) is 2.02. The molecule has 5 atom stereocenters. The van der Waals surface area contributed by atoms with Gasteiger partial charge >= 0.3 is 0 Å². The van der Waals surface area contributed by atoms with Crippen molar-refractivity contribution >= 4 is 23.5 Å². The molecule has 4 bridgehead atoms. The number of thioether (sulfide) groups is 1. The number of pyridine rings is 1. The van der Waals surface area contributed by atoms with Crippen molar-refractivity contribution < 1.29 is 0 Å². The molecule has 230 valence electrons. The Morgan fingerprint density at radius 2 is 1.79 bits per heavy atom. The first-order chi connectivity index (χ1) is 21.1. The number of nitriles is 1. The zero-order chi connectivity index (χ0) is 29.2. The van der Waals surface area contributed by atoms with Gasteiger partial charge in [-0.25, -0.2) is 9.97 Å². The maximum Gasteiger partial charge on any atom is 0.224 e. The van der Waals surface area contributed by atoms with Crippen molar-refractivity contribution in [3.63, 3.8) is 0 Å². The molecule has 0 saturated heterocycles. The van der Waals surface area contributed by atoms with Gasteiger partial charge < -0.3 is 16.0 Å². The molecule has 2 aromatic rings. The van der Waals surface area contributed by atoms with Gasteiger partial charge in [0.2, 0.25) is 5.95 Å². The van der Waals surface area contributed by atoms with Crippen molar-refractivity contribution in [3.05, 3.63) is 35.7 Å². The molecule has 7 nitrogen and oxygen atoms in total. The van der Waals surface area contributed by atoms with Crippen LogP contribution in [0.2, 0.25) is 0 Å². The lowest BCUT2D eigenvalue weighted by atomic mass is 9.48. The first kappa shape index (κ1) is 29.3. The van der Waals surface area contributed by atoms with Gasteiger partial charge in [0.15, 0.2) is 0 Å². The average Bonchev–Trinajstić information content (AvgIpc) is 3.53. The van der Waals surface area contributed by atoms with E-state index in [0.717, 1.165) is 41.2 Å². The average molecular weight is 600 g/mol. The summed E-state index contributed by atoms with van der Waals surface area (Å²) in [6, 6.07) is 7.18. The van der Waals surface area contributed by atoms with Crippen LogP contribution in [0.1, 0.15) is 102 Å². The van der Waals surface area contributed by atoms with E-state index in [1.54, 1.807) is 6.20 Å². The third kappa shape index (κ3) is 6.68. The Balaban J connectivity index is 0.970. The van der Waals surface area contributed by atoms with Crippen LogP contribution in [-0.4, -0.2) is 39.3 Å². The van der Waals surface area contributed by atoms with Gasteiger partial charge in [0.1, 0.15) is 22.5 Å². The van der Waals surface area contributed by atoms with Crippen LogP contribution in [0.3, 0.4) is 0 Å². The van der Waals surface area contributed by atoms with Crippen LogP contribution in [0.25, 0.3) is 0 Å². The Hall–Kier alpha value is -2.37. The first-order valence-electron chi connectivity index (χ1n) is 17.1. The predicted molar refractivity (Wildman–Crippen MR) is 174 cm³/mol. The van der Waals surface area contributed by atoms with E-state index in [2.05, 4.69) is 45.0 Å². The van der Waals surface area contributed by atoms with Crippen molar-refractivity contribution in [3.8, 4) is 6.07 Å². The standard InChI is InChI=1S/C35H49N7S/c1-23-8-10-24(11-9-23)19-38-31-27-13-25-14-28(31)17-35(15-25,16-27)22-41-32-29(18-36)21-40-34(42-32)39-20-26-5-4-12-37-33(26)43-30-6-2-3-7-30/h4-5,12,21,23-25,27-28,30-31,38H,2-3,6-11,13-17,19-20,22H2,1H3,(H2,39,40,41,42)/t23?,24?,25?,27-,28?,31?,35?/m0/s1. The molecule has 6 aliphatic rings. The fourth-order valence-electron chi connectivity index (χ4n) is 9.54. The third-order valence-corrected chi connectivity index (χ3v) is 13.0. The van der Waals surface area contributed by atoms with Crippen molar-refractivity contribution in [1.29, 1.82) is 5.26 Å². The van der Waals surface area contributed by atoms with Crippen LogP contribution in [0, 0.1) is 46.3 Å². The first-order valence-corrected chi connectivity index (χ1v) is 18.0. The highest BCUT2D eigenvalue weighted by Gasteiger charge is 2.55. The quantitative estimate of drug-likeness (QED) is 0.246. The summed E-state index contributed by atoms with van der Waals surface area (Å²) in [6.45, 7) is 5.17. The van der Waals surface area contributed by atoms with E-state index < -0.39 is 0 Å². The fraction of sp³-hybridized carbons (Fsp3) is 0.714. The normalized spacial score (nSPS) is 33.4. The summed E-state index contributed by atoms with van der Waals surface area (Å²) in [5, 5.41) is 22.9. The number of nitrogens with zero attached hydrogens (tertiary/aromatic N) is 4. The van der Waals surface area contributed by atoms with E-state index in [4.69, 9.17) is 4.98 Å². The summed E-state index contributed by atoms with van der Waals surface area (Å²) in [4.78, 5) is 14.0. The van der Waals surface area contributed by atoms with E-state index in [9.17, 15) is 5.26 Å². The van der Waals surface area contributed by atoms with E-state index in [1.807, 2.05) is 24.0 Å². The Bertz CT molecular complexity index is 1280. The molecule has 6 saturated carbocycles. The monoisotopic (exact) mass is 599 g/mol. The van der Waals surface area contributed by atoms with Crippen molar-refractivity contribution in [2.24, 2.45) is 35.0 Å². The van der Waals surface area contributed by atoms with Crippen molar-refractivity contribution in [2.75, 3.05) is 23.7 Å². The molecule has 0 aliphatic heterocycles. The zero-order valence-corrected chi connectivity index (χ0v) is 26.7. The molecular formula is C35H49N7S. The zero-order valence-electron chi connectivity index (χ0n) is 25.9. The number of aromatic nitrogens is 3. The van der Waals surface area contributed by atoms with Crippen LogP contribution < -0.4 is 16.0 Å². The maximum atomic E-state index is 9.86. The highest BCUT2D eigenvalue weighted by Crippen LogP contribution is 2.60. The summed E-state index contributed by atoms with van der Waals surface area (Å²) < 4.78 is 0. The second-order valence-corrected chi connectivity index (χ2v) is 16.1. The van der Waals surface area contributed by atoms with Gasteiger partial charge in [0.25, 0.3) is 0 Å². The topological polar surface area (TPSA) is 98.6 Å². The molecule has 4 unspecified atom stereocenters. The second-order valence-electron chi connectivity index (χ2n) is 14.8. The summed E-state index contributed by atoms with van der Waals surface area (Å²) in [7, 11) is 0. The molecule has 0 aromatic carbocycles. The second kappa shape index (κ2) is 12.9. The van der Waals surface area contributed by atoms with Gasteiger partial charge in [-0.3, -0.25) is 0 Å². The Morgan fingerprint density at radius 3 is 2.56 bits per heavy atom. The van der Waals surface area contributed by atoms with Gasteiger partial charge in [-0.2, -0.15) is 10.2 Å². The Kier molecular flexibility index (Phi) is 8.82. The number of hydrogen-bond acceptors (Lipinski definition) is 8. The molecular weight excluding hydrogens is 551 g/mol. The predicted octanol–water partition coefficient (Wildman–Crippen LogP) is 7.41. The maximum absolute atomic E-state index is 9.86.